The van der Waals surface area contributed by atoms with Crippen molar-refractivity contribution in [2.45, 2.75) is 5.75 Å². The number of rotatable bonds is 4. The maximum atomic E-state index is 8.44. The zero-order valence-electron chi connectivity index (χ0n) is 9.26. The van der Waals surface area contributed by atoms with Crippen LogP contribution in [0.15, 0.2) is 43.0 Å². The van der Waals surface area contributed by atoms with E-state index in [1.807, 2.05) is 6.08 Å². The van der Waals surface area contributed by atoms with Crippen LogP contribution in [0.2, 0.25) is 0 Å². The monoisotopic (exact) mass is 240 g/mol. The van der Waals surface area contributed by atoms with Gasteiger partial charge in [0, 0.05) is 5.56 Å². The molecule has 0 heterocycles. The normalized spacial score (nSPS) is 10.8. The van der Waals surface area contributed by atoms with Crippen LogP contribution in [0.1, 0.15) is 5.56 Å². The van der Waals surface area contributed by atoms with Crippen molar-refractivity contribution in [3.63, 3.8) is 0 Å². The highest BCUT2D eigenvalue weighted by Gasteiger charge is 2.08. The lowest BCUT2D eigenvalue weighted by Gasteiger charge is -1.99. The fourth-order valence-electron chi connectivity index (χ4n) is 1.12. The van der Waals surface area contributed by atoms with Crippen molar-refractivity contribution in [2.24, 2.45) is 0 Å². The molecule has 16 heavy (non-hydrogen) atoms. The summed E-state index contributed by atoms with van der Waals surface area (Å²) in [5.74, 6) is 2.32. The summed E-state index contributed by atoms with van der Waals surface area (Å²) in [5.41, 5.74) is 1.44. The molecule has 0 aliphatic heterocycles. The van der Waals surface area contributed by atoms with Crippen molar-refractivity contribution in [1.29, 1.82) is 0 Å². The number of hydrogen-bond acceptors (Lipinski definition) is 2. The quantitative estimate of drug-likeness (QED) is 0.641. The average Bonchev–Trinajstić information content (AvgIpc) is 2.18. The molecule has 4 heteroatoms. The van der Waals surface area contributed by atoms with E-state index in [1.54, 1.807) is 0 Å². The van der Waals surface area contributed by atoms with Crippen molar-refractivity contribution < 1.29 is 15.0 Å². The van der Waals surface area contributed by atoms with Crippen molar-refractivity contribution in [1.82, 2.24) is 0 Å². The molecule has 3 nitrogen and oxygen atoms in total. The minimum absolute atomic E-state index is 0.461. The van der Waals surface area contributed by atoms with Gasteiger partial charge in [0.05, 0.1) is 6.26 Å². The Morgan fingerprint density at radius 3 is 2.44 bits per heavy atom. The molecular weight excluding hydrogens is 224 g/mol. The van der Waals surface area contributed by atoms with E-state index in [9.17, 15) is 0 Å². The molecule has 0 saturated heterocycles. The first-order valence-electron chi connectivity index (χ1n) is 4.70. The number of carboxylic acid groups (broad SMARTS) is 2. The van der Waals surface area contributed by atoms with E-state index >= 15 is 0 Å². The van der Waals surface area contributed by atoms with Crippen molar-refractivity contribution in [3.05, 3.63) is 48.6 Å². The molecular formula is C12H16O3S. The molecule has 0 amide bonds. The van der Waals surface area contributed by atoms with Crippen LogP contribution in [0.4, 0.5) is 4.79 Å². The third-order valence-corrected chi connectivity index (χ3v) is 3.29. The second kappa shape index (κ2) is 8.85. The first kappa shape index (κ1) is 14.6. The topological polar surface area (TPSA) is 60.4 Å². The SMILES string of the molecule is C=CC[S+](C)Cc1ccccc1.O=C([O-])O. The lowest BCUT2D eigenvalue weighted by atomic mass is 10.2. The number of carbonyl (C=O) groups is 1. The lowest BCUT2D eigenvalue weighted by molar-refractivity contribution is -0.275. The van der Waals surface area contributed by atoms with Crippen LogP contribution < -0.4 is 5.11 Å². The Bertz CT molecular complexity index is 307. The largest absolute Gasteiger partial charge is 0.565 e. The van der Waals surface area contributed by atoms with Crippen LogP contribution in [-0.4, -0.2) is 23.3 Å². The molecule has 0 radical (unpaired) electrons. The summed E-state index contributed by atoms with van der Waals surface area (Å²) >= 11 is 0. The molecule has 0 aliphatic carbocycles. The minimum atomic E-state index is -2.08. The van der Waals surface area contributed by atoms with Gasteiger partial charge in [-0.3, -0.25) is 0 Å². The molecule has 0 saturated carbocycles. The predicted molar refractivity (Wildman–Crippen MR) is 66.5 cm³/mol. The van der Waals surface area contributed by atoms with Crippen molar-refractivity contribution in [2.75, 3.05) is 12.0 Å². The standard InChI is InChI=1S/C11H15S.CH2O3/c1-3-9-12(2)10-11-7-5-4-6-8-11;2-1(3)4/h3-8H,1,9-10H2,2H3;(H2,2,3,4)/q+1;/p-1. The summed E-state index contributed by atoms with van der Waals surface area (Å²) < 4.78 is 0. The zero-order valence-corrected chi connectivity index (χ0v) is 10.1. The molecule has 0 bridgehead atoms. The van der Waals surface area contributed by atoms with Crippen molar-refractivity contribution in [3.8, 4) is 0 Å². The molecule has 1 N–H and O–H groups in total. The molecule has 1 aromatic rings. The Morgan fingerprint density at radius 2 is 2.00 bits per heavy atom. The van der Waals surface area contributed by atoms with Crippen LogP contribution in [0.25, 0.3) is 0 Å². The van der Waals surface area contributed by atoms with Gasteiger partial charge in [-0.15, -0.1) is 0 Å². The minimum Gasteiger partial charge on any atom is -0.565 e. The molecule has 88 valence electrons. The maximum absolute atomic E-state index is 8.44. The van der Waals surface area contributed by atoms with Gasteiger partial charge in [0.15, 0.2) is 0 Å². The van der Waals surface area contributed by atoms with Gasteiger partial charge in [-0.25, -0.2) is 0 Å². The van der Waals surface area contributed by atoms with E-state index in [1.165, 1.54) is 11.3 Å². The van der Waals surface area contributed by atoms with Crippen LogP contribution in [0, 0.1) is 0 Å². The van der Waals surface area contributed by atoms with Gasteiger partial charge < -0.3 is 15.0 Å². The first-order valence-corrected chi connectivity index (χ1v) is 6.67. The van der Waals surface area contributed by atoms with Crippen LogP contribution >= 0.6 is 0 Å². The van der Waals surface area contributed by atoms with E-state index < -0.39 is 6.16 Å². The third-order valence-electron chi connectivity index (χ3n) is 1.66. The second-order valence-corrected chi connectivity index (χ2v) is 5.32. The maximum Gasteiger partial charge on any atom is 0.249 e. The van der Waals surface area contributed by atoms with Crippen LogP contribution in [-0.2, 0) is 16.6 Å². The summed E-state index contributed by atoms with van der Waals surface area (Å²) in [4.78, 5) is 8.44. The summed E-state index contributed by atoms with van der Waals surface area (Å²) in [6.45, 7) is 3.75. The first-order chi connectivity index (χ1) is 7.56. The Kier molecular flexibility index (Phi) is 8.07. The molecule has 0 fully saturated rings. The molecule has 1 rings (SSSR count). The van der Waals surface area contributed by atoms with Gasteiger partial charge in [0.2, 0.25) is 6.16 Å². The smallest absolute Gasteiger partial charge is 0.249 e. The summed E-state index contributed by atoms with van der Waals surface area (Å²) in [5, 5.41) is 15.3. The van der Waals surface area contributed by atoms with E-state index in [-0.39, 0.29) is 0 Å². The Labute approximate surface area is 98.8 Å². The van der Waals surface area contributed by atoms with Gasteiger partial charge in [-0.1, -0.05) is 36.9 Å². The van der Waals surface area contributed by atoms with Gasteiger partial charge in [0.25, 0.3) is 0 Å². The number of benzene rings is 1. The zero-order chi connectivity index (χ0) is 12.4. The molecule has 0 aliphatic rings. The van der Waals surface area contributed by atoms with Crippen LogP contribution in [0.5, 0.6) is 0 Å². The summed E-state index contributed by atoms with van der Waals surface area (Å²) in [7, 11) is 0.461. The highest BCUT2D eigenvalue weighted by atomic mass is 32.2. The summed E-state index contributed by atoms with van der Waals surface area (Å²) in [6, 6.07) is 10.6. The third kappa shape index (κ3) is 9.15. The molecule has 1 aromatic carbocycles. The molecule has 1 unspecified atom stereocenters. The van der Waals surface area contributed by atoms with E-state index in [0.717, 1.165) is 5.75 Å². The number of hydrogen-bond donors (Lipinski definition) is 1. The summed E-state index contributed by atoms with van der Waals surface area (Å²) in [6.07, 6.45) is 2.21. The van der Waals surface area contributed by atoms with Crippen molar-refractivity contribution >= 4 is 17.1 Å². The van der Waals surface area contributed by atoms with Crippen LogP contribution in [0.3, 0.4) is 0 Å². The van der Waals surface area contributed by atoms with E-state index in [2.05, 4.69) is 43.2 Å². The van der Waals surface area contributed by atoms with E-state index in [0.29, 0.717) is 10.9 Å². The fourth-order valence-corrected chi connectivity index (χ4v) is 2.40. The Hall–Kier alpha value is -1.42. The molecule has 0 aromatic heterocycles. The van der Waals surface area contributed by atoms with Gasteiger partial charge in [-0.2, -0.15) is 0 Å². The van der Waals surface area contributed by atoms with Gasteiger partial charge in [0.1, 0.15) is 11.5 Å². The highest BCUT2D eigenvalue weighted by molar-refractivity contribution is 7.95. The van der Waals surface area contributed by atoms with Gasteiger partial charge in [-0.05, 0) is 17.0 Å². The molecule has 1 atom stereocenters. The average molecular weight is 240 g/mol. The second-order valence-electron chi connectivity index (χ2n) is 3.13. The fraction of sp³-hybridized carbons (Fsp3) is 0.250. The lowest BCUT2D eigenvalue weighted by Crippen LogP contribution is -2.17. The van der Waals surface area contributed by atoms with E-state index in [4.69, 9.17) is 15.0 Å². The highest BCUT2D eigenvalue weighted by Crippen LogP contribution is 2.06. The Balaban J connectivity index is 0.000000487. The van der Waals surface area contributed by atoms with Gasteiger partial charge >= 0.3 is 0 Å². The predicted octanol–water partition coefficient (Wildman–Crippen LogP) is 1.51. The molecule has 0 spiro atoms. The Morgan fingerprint density at radius 1 is 1.50 bits per heavy atom.